The van der Waals surface area contributed by atoms with E-state index in [0.717, 1.165) is 29.3 Å². The highest BCUT2D eigenvalue weighted by Crippen LogP contribution is 2.47. The average molecular weight is 540 g/mol. The molecule has 2 heterocycles. The lowest BCUT2D eigenvalue weighted by Gasteiger charge is -2.33. The quantitative estimate of drug-likeness (QED) is 0.448. The molecule has 0 aliphatic carbocycles. The summed E-state index contributed by atoms with van der Waals surface area (Å²) in [6, 6.07) is 9.67. The van der Waals surface area contributed by atoms with Crippen LogP contribution in [0.5, 0.6) is 0 Å². The monoisotopic (exact) mass is 539 g/mol. The fourth-order valence-electron chi connectivity index (χ4n) is 3.87. The normalized spacial score (nSPS) is 18.8. The molecule has 1 aliphatic heterocycles. The van der Waals surface area contributed by atoms with Crippen molar-refractivity contribution < 1.29 is 33.0 Å². The van der Waals surface area contributed by atoms with E-state index in [4.69, 9.17) is 23.2 Å². The van der Waals surface area contributed by atoms with Crippen LogP contribution in [0.2, 0.25) is 10.0 Å². The Morgan fingerprint density at radius 3 is 2.53 bits per heavy atom. The third kappa shape index (κ3) is 4.64. The number of fused-ring (bicyclic) bond motifs is 1. The maximum absolute atomic E-state index is 14.9. The molecule has 1 aromatic heterocycles. The van der Waals surface area contributed by atoms with E-state index in [2.05, 4.69) is 10.3 Å². The molecule has 0 radical (unpaired) electrons. The number of alkyl halides is 2. The Balaban J connectivity index is 1.62. The van der Waals surface area contributed by atoms with Gasteiger partial charge in [-0.05, 0) is 48.5 Å². The van der Waals surface area contributed by atoms with E-state index >= 15 is 0 Å². The summed E-state index contributed by atoms with van der Waals surface area (Å²) in [5.74, 6) is -5.83. The topological polar surface area (TPSA) is 103 Å². The first-order valence-corrected chi connectivity index (χ1v) is 11.3. The van der Waals surface area contributed by atoms with Gasteiger partial charge in [-0.3, -0.25) is 9.59 Å². The molecule has 0 spiro atoms. The zero-order valence-corrected chi connectivity index (χ0v) is 19.8. The molecule has 2 aromatic carbocycles. The number of aliphatic hydroxyl groups excluding tert-OH is 1. The van der Waals surface area contributed by atoms with Gasteiger partial charge in [-0.15, -0.1) is 0 Å². The Bertz CT molecular complexity index is 1340. The molecule has 0 fully saturated rings. The second kappa shape index (κ2) is 9.70. The van der Waals surface area contributed by atoms with Crippen molar-refractivity contribution in [1.29, 1.82) is 0 Å². The molecule has 0 saturated carbocycles. The number of hydrogen-bond donors (Lipinski definition) is 3. The minimum atomic E-state index is -3.76. The van der Waals surface area contributed by atoms with E-state index in [1.807, 2.05) is 0 Å². The number of nitrogens with one attached hydrogen (secondary N) is 1. The fourth-order valence-corrected chi connectivity index (χ4v) is 4.24. The molecule has 7 nitrogen and oxygen atoms in total. The number of nitrogens with zero attached hydrogens (tertiary/aromatic N) is 2. The van der Waals surface area contributed by atoms with E-state index in [0.29, 0.717) is 0 Å². The summed E-state index contributed by atoms with van der Waals surface area (Å²) >= 11 is 11.9. The van der Waals surface area contributed by atoms with Crippen LogP contribution in [0.25, 0.3) is 0 Å². The van der Waals surface area contributed by atoms with Gasteiger partial charge in [-0.1, -0.05) is 23.2 Å². The minimum Gasteiger partial charge on any atom is -0.393 e. The molecule has 4 rings (SSSR count). The number of amides is 2. The van der Waals surface area contributed by atoms with Crippen LogP contribution in [-0.4, -0.2) is 46.1 Å². The van der Waals surface area contributed by atoms with E-state index in [9.17, 15) is 33.0 Å². The molecule has 2 amide bonds. The van der Waals surface area contributed by atoms with Crippen LogP contribution in [0.15, 0.2) is 54.7 Å². The number of carbonyl (C=O) groups excluding carboxylic acids is 2. The first-order valence-electron chi connectivity index (χ1n) is 10.5. The SMILES string of the molecule is O=C(Nc1ccc(C(=O)N2CCC(F)(F)C(O)(CO)c3cc(Cl)ccc32)cn1)c1cc(F)ccc1Cl. The minimum absolute atomic E-state index is 0.00422. The van der Waals surface area contributed by atoms with Crippen LogP contribution in [0, 0.1) is 5.82 Å². The molecule has 36 heavy (non-hydrogen) atoms. The molecule has 12 heteroatoms. The van der Waals surface area contributed by atoms with E-state index in [1.54, 1.807) is 0 Å². The number of rotatable bonds is 4. The molecule has 0 bridgehead atoms. The molecule has 188 valence electrons. The van der Waals surface area contributed by atoms with Gasteiger partial charge in [-0.25, -0.2) is 18.2 Å². The van der Waals surface area contributed by atoms with Crippen LogP contribution in [-0.2, 0) is 5.60 Å². The number of carbonyl (C=O) groups is 2. The molecular formula is C24H18Cl2F3N3O4. The largest absolute Gasteiger partial charge is 0.393 e. The summed E-state index contributed by atoms with van der Waals surface area (Å²) < 4.78 is 43.2. The predicted octanol–water partition coefficient (Wildman–Crippen LogP) is 4.65. The Morgan fingerprint density at radius 2 is 1.86 bits per heavy atom. The molecule has 1 atom stereocenters. The van der Waals surface area contributed by atoms with Gasteiger partial charge in [0.05, 0.1) is 28.4 Å². The van der Waals surface area contributed by atoms with Crippen molar-refractivity contribution in [2.75, 3.05) is 23.4 Å². The van der Waals surface area contributed by atoms with E-state index in [1.165, 1.54) is 30.3 Å². The summed E-state index contributed by atoms with van der Waals surface area (Å²) in [7, 11) is 0. The van der Waals surface area contributed by atoms with Crippen LogP contribution in [0.3, 0.4) is 0 Å². The van der Waals surface area contributed by atoms with Crippen molar-refractivity contribution in [1.82, 2.24) is 4.98 Å². The lowest BCUT2D eigenvalue weighted by Crippen LogP contribution is -2.48. The number of halogens is 5. The highest BCUT2D eigenvalue weighted by molar-refractivity contribution is 6.34. The van der Waals surface area contributed by atoms with Crippen molar-refractivity contribution in [2.24, 2.45) is 0 Å². The fraction of sp³-hybridized carbons (Fsp3) is 0.208. The molecule has 3 N–H and O–H groups in total. The third-order valence-electron chi connectivity index (χ3n) is 5.85. The Labute approximate surface area is 213 Å². The number of hydrogen-bond acceptors (Lipinski definition) is 5. The van der Waals surface area contributed by atoms with Gasteiger partial charge in [0.15, 0.2) is 5.60 Å². The summed E-state index contributed by atoms with van der Waals surface area (Å²) in [6.45, 7) is -1.76. The zero-order valence-electron chi connectivity index (χ0n) is 18.3. The smallest absolute Gasteiger partial charge is 0.284 e. The number of aliphatic hydroxyl groups is 2. The first kappa shape index (κ1) is 25.9. The van der Waals surface area contributed by atoms with Gasteiger partial charge in [0, 0.05) is 29.7 Å². The standard InChI is InChI=1S/C24H18Cl2F3N3O4/c25-14-2-5-19-17(9-14)23(36,12-33)24(28,29)7-8-32(19)22(35)13-1-6-20(30-11-13)31-21(34)16-10-15(27)3-4-18(16)26/h1-6,9-11,33,36H,7-8,12H2,(H,30,31,34). The first-order chi connectivity index (χ1) is 17.0. The molecule has 3 aromatic rings. The second-order valence-electron chi connectivity index (χ2n) is 8.10. The summed E-state index contributed by atoms with van der Waals surface area (Å²) in [4.78, 5) is 30.7. The van der Waals surface area contributed by atoms with Crippen molar-refractivity contribution in [3.8, 4) is 0 Å². The third-order valence-corrected chi connectivity index (χ3v) is 6.41. The number of aromatic nitrogens is 1. The predicted molar refractivity (Wildman–Crippen MR) is 127 cm³/mol. The summed E-state index contributed by atoms with van der Waals surface area (Å²) in [6.07, 6.45) is 0.195. The van der Waals surface area contributed by atoms with Gasteiger partial charge in [-0.2, -0.15) is 0 Å². The molecule has 1 aliphatic rings. The Hall–Kier alpha value is -3.18. The maximum atomic E-state index is 14.9. The van der Waals surface area contributed by atoms with Crippen LogP contribution in [0.4, 0.5) is 24.7 Å². The lowest BCUT2D eigenvalue weighted by molar-refractivity contribution is -0.205. The van der Waals surface area contributed by atoms with Gasteiger partial charge in [0.2, 0.25) is 0 Å². The summed E-state index contributed by atoms with van der Waals surface area (Å²) in [5, 5.41) is 22.9. The van der Waals surface area contributed by atoms with Gasteiger partial charge in [0.25, 0.3) is 17.7 Å². The van der Waals surface area contributed by atoms with E-state index in [-0.39, 0.29) is 32.7 Å². The highest BCUT2D eigenvalue weighted by atomic mass is 35.5. The average Bonchev–Trinajstić information content (AvgIpc) is 2.93. The second-order valence-corrected chi connectivity index (χ2v) is 8.95. The van der Waals surface area contributed by atoms with E-state index < -0.39 is 54.3 Å². The summed E-state index contributed by atoms with van der Waals surface area (Å²) in [5.41, 5.74) is -3.51. The molecular weight excluding hydrogens is 522 g/mol. The zero-order chi connectivity index (χ0) is 26.3. The van der Waals surface area contributed by atoms with Gasteiger partial charge < -0.3 is 20.4 Å². The van der Waals surface area contributed by atoms with Gasteiger partial charge in [0.1, 0.15) is 11.6 Å². The Kier molecular flexibility index (Phi) is 6.98. The molecule has 1 unspecified atom stereocenters. The van der Waals surface area contributed by atoms with Crippen LogP contribution in [0.1, 0.15) is 32.7 Å². The van der Waals surface area contributed by atoms with Crippen molar-refractivity contribution in [2.45, 2.75) is 17.9 Å². The van der Waals surface area contributed by atoms with Gasteiger partial charge >= 0.3 is 0 Å². The van der Waals surface area contributed by atoms with Crippen molar-refractivity contribution in [3.05, 3.63) is 87.3 Å². The van der Waals surface area contributed by atoms with Crippen LogP contribution >= 0.6 is 23.2 Å². The molecule has 0 saturated heterocycles. The lowest BCUT2D eigenvalue weighted by atomic mass is 9.86. The van der Waals surface area contributed by atoms with Crippen LogP contribution < -0.4 is 10.2 Å². The Morgan fingerprint density at radius 1 is 1.11 bits per heavy atom. The number of pyridine rings is 1. The maximum Gasteiger partial charge on any atom is 0.284 e. The number of benzene rings is 2. The highest BCUT2D eigenvalue weighted by Gasteiger charge is 2.56. The van der Waals surface area contributed by atoms with Crippen molar-refractivity contribution >= 4 is 46.5 Å². The number of anilines is 2. The van der Waals surface area contributed by atoms with Crippen molar-refractivity contribution in [3.63, 3.8) is 0 Å².